The van der Waals surface area contributed by atoms with Crippen molar-refractivity contribution in [3.05, 3.63) is 42.5 Å². The lowest BCUT2D eigenvalue weighted by atomic mass is 10.2. The first-order valence-corrected chi connectivity index (χ1v) is 7.31. The molecule has 3 nitrogen and oxygen atoms in total. The van der Waals surface area contributed by atoms with Crippen molar-refractivity contribution in [2.24, 2.45) is 0 Å². The van der Waals surface area contributed by atoms with E-state index >= 15 is 0 Å². The molecule has 0 spiro atoms. The first-order valence-electron chi connectivity index (χ1n) is 6.43. The molecule has 0 amide bonds. The van der Waals surface area contributed by atoms with Crippen LogP contribution in [0.1, 0.15) is 6.92 Å². The predicted octanol–water partition coefficient (Wildman–Crippen LogP) is 4.73. The number of alkyl halides is 2. The monoisotopic (exact) mass is 310 g/mol. The third-order valence-corrected chi connectivity index (χ3v) is 3.48. The Morgan fingerprint density at radius 3 is 2.71 bits per heavy atom. The van der Waals surface area contributed by atoms with Crippen LogP contribution in [-0.2, 0) is 0 Å². The van der Waals surface area contributed by atoms with Crippen molar-refractivity contribution >= 4 is 28.8 Å². The minimum Gasteiger partial charge on any atom is -0.492 e. The number of anilines is 3. The number of para-hydroxylation sites is 1. The molecule has 2 rings (SSSR count). The summed E-state index contributed by atoms with van der Waals surface area (Å²) < 4.78 is 30.5. The number of ether oxygens (including phenoxy) is 1. The maximum Gasteiger partial charge on any atom is 0.288 e. The Bertz CT molecular complexity index is 608. The number of hydrogen-bond acceptors (Lipinski definition) is 4. The third kappa shape index (κ3) is 4.26. The Kier molecular flexibility index (Phi) is 5.27. The van der Waals surface area contributed by atoms with Crippen molar-refractivity contribution in [3.63, 3.8) is 0 Å². The Labute approximate surface area is 126 Å². The molecule has 0 aliphatic rings. The summed E-state index contributed by atoms with van der Waals surface area (Å²) in [6.45, 7) is 2.37. The maximum absolute atomic E-state index is 12.6. The minimum absolute atomic E-state index is 0.488. The summed E-state index contributed by atoms with van der Waals surface area (Å²) >= 11 is 0.510. The number of nitrogen functional groups attached to an aromatic ring is 1. The van der Waals surface area contributed by atoms with Crippen LogP contribution in [0.15, 0.2) is 47.4 Å². The lowest BCUT2D eigenvalue weighted by Crippen LogP contribution is -1.99. The molecule has 0 fully saturated rings. The second-order valence-electron chi connectivity index (χ2n) is 4.19. The van der Waals surface area contributed by atoms with Gasteiger partial charge < -0.3 is 15.8 Å². The largest absolute Gasteiger partial charge is 0.492 e. The second kappa shape index (κ2) is 7.17. The normalized spacial score (nSPS) is 10.7. The van der Waals surface area contributed by atoms with Crippen molar-refractivity contribution < 1.29 is 13.5 Å². The van der Waals surface area contributed by atoms with Gasteiger partial charge in [0.25, 0.3) is 5.76 Å². The number of halogens is 2. The van der Waals surface area contributed by atoms with Gasteiger partial charge in [0.05, 0.1) is 18.0 Å². The molecule has 3 N–H and O–H groups in total. The van der Waals surface area contributed by atoms with Crippen molar-refractivity contribution in [1.29, 1.82) is 0 Å². The molecule has 0 aromatic heterocycles. The summed E-state index contributed by atoms with van der Waals surface area (Å²) in [4.78, 5) is 0.488. The van der Waals surface area contributed by atoms with Crippen LogP contribution in [0, 0.1) is 0 Å². The van der Waals surface area contributed by atoms with Gasteiger partial charge in [-0.05, 0) is 31.2 Å². The lowest BCUT2D eigenvalue weighted by Gasteiger charge is -2.13. The van der Waals surface area contributed by atoms with Gasteiger partial charge in [-0.15, -0.1) is 0 Å². The molecule has 6 heteroatoms. The van der Waals surface area contributed by atoms with E-state index in [2.05, 4.69) is 5.32 Å². The molecule has 0 aliphatic heterocycles. The minimum atomic E-state index is -2.46. The quantitative estimate of drug-likeness (QED) is 0.598. The van der Waals surface area contributed by atoms with Crippen LogP contribution in [0.25, 0.3) is 0 Å². The zero-order chi connectivity index (χ0) is 15.2. The third-order valence-electron chi connectivity index (χ3n) is 2.70. The summed E-state index contributed by atoms with van der Waals surface area (Å²) in [6.07, 6.45) is 0. The highest BCUT2D eigenvalue weighted by Crippen LogP contribution is 2.34. The van der Waals surface area contributed by atoms with E-state index in [0.29, 0.717) is 40.4 Å². The number of thioether (sulfide) groups is 1. The Hall–Kier alpha value is -1.95. The Morgan fingerprint density at radius 2 is 2.00 bits per heavy atom. The summed E-state index contributed by atoms with van der Waals surface area (Å²) in [5.74, 6) is -1.89. The van der Waals surface area contributed by atoms with Crippen LogP contribution in [-0.4, -0.2) is 12.4 Å². The summed E-state index contributed by atoms with van der Waals surface area (Å²) in [5, 5.41) is 3.11. The van der Waals surface area contributed by atoms with E-state index in [-0.39, 0.29) is 0 Å². The molecule has 112 valence electrons. The van der Waals surface area contributed by atoms with E-state index in [4.69, 9.17) is 10.5 Å². The molecule has 21 heavy (non-hydrogen) atoms. The van der Waals surface area contributed by atoms with E-state index in [1.807, 2.05) is 6.92 Å². The molecule has 0 saturated heterocycles. The molecule has 0 bridgehead atoms. The molecular formula is C15H16F2N2OS. The predicted molar refractivity (Wildman–Crippen MR) is 83.6 cm³/mol. The van der Waals surface area contributed by atoms with Crippen LogP contribution in [0.5, 0.6) is 5.75 Å². The van der Waals surface area contributed by atoms with Gasteiger partial charge in [0.1, 0.15) is 5.75 Å². The second-order valence-corrected chi connectivity index (χ2v) is 5.22. The van der Waals surface area contributed by atoms with Gasteiger partial charge in [0.2, 0.25) is 0 Å². The Morgan fingerprint density at radius 1 is 1.24 bits per heavy atom. The van der Waals surface area contributed by atoms with Crippen LogP contribution in [0.3, 0.4) is 0 Å². The molecule has 0 unspecified atom stereocenters. The average Bonchev–Trinajstić information content (AvgIpc) is 2.44. The molecule has 2 aromatic carbocycles. The highest BCUT2D eigenvalue weighted by Gasteiger charge is 2.10. The number of nitrogens with two attached hydrogens (primary N) is 1. The zero-order valence-corrected chi connectivity index (χ0v) is 12.3. The molecule has 2 aromatic rings. The van der Waals surface area contributed by atoms with Crippen LogP contribution < -0.4 is 15.8 Å². The van der Waals surface area contributed by atoms with Gasteiger partial charge in [-0.3, -0.25) is 0 Å². The fourth-order valence-corrected chi connectivity index (χ4v) is 2.41. The summed E-state index contributed by atoms with van der Waals surface area (Å²) in [5.41, 5.74) is 7.70. The first kappa shape index (κ1) is 15.4. The van der Waals surface area contributed by atoms with Crippen LogP contribution >= 0.6 is 11.8 Å². The summed E-state index contributed by atoms with van der Waals surface area (Å²) in [6, 6.07) is 12.2. The topological polar surface area (TPSA) is 47.3 Å². The molecule has 0 aliphatic carbocycles. The average molecular weight is 310 g/mol. The first-order chi connectivity index (χ1) is 10.1. The van der Waals surface area contributed by atoms with Crippen LogP contribution in [0.4, 0.5) is 25.8 Å². The highest BCUT2D eigenvalue weighted by molar-refractivity contribution is 7.99. The number of rotatable bonds is 6. The van der Waals surface area contributed by atoms with Gasteiger partial charge in [0, 0.05) is 16.6 Å². The molecular weight excluding hydrogens is 294 g/mol. The lowest BCUT2D eigenvalue weighted by molar-refractivity contribution is 0.252. The molecule has 0 radical (unpaired) electrons. The van der Waals surface area contributed by atoms with Crippen LogP contribution in [0.2, 0.25) is 0 Å². The zero-order valence-electron chi connectivity index (χ0n) is 11.5. The van der Waals surface area contributed by atoms with Gasteiger partial charge in [-0.2, -0.15) is 8.78 Å². The number of benzene rings is 2. The highest BCUT2D eigenvalue weighted by atomic mass is 32.2. The maximum atomic E-state index is 12.6. The van der Waals surface area contributed by atoms with Gasteiger partial charge in [-0.1, -0.05) is 23.9 Å². The van der Waals surface area contributed by atoms with E-state index in [9.17, 15) is 8.78 Å². The molecule has 0 heterocycles. The van der Waals surface area contributed by atoms with Crippen molar-refractivity contribution in [3.8, 4) is 5.75 Å². The number of nitrogens with one attached hydrogen (secondary N) is 1. The standard InChI is InChI=1S/C15H16F2N2OS/c1-2-20-13-9-10(7-8-11(13)18)19-12-5-3-4-6-14(12)21-15(16)17/h3-9,15,19H,2,18H2,1H3. The fraction of sp³-hybridized carbons (Fsp3) is 0.200. The SMILES string of the molecule is CCOc1cc(Nc2ccccc2SC(F)F)ccc1N. The Balaban J connectivity index is 2.24. The summed E-state index contributed by atoms with van der Waals surface area (Å²) in [7, 11) is 0. The molecule has 0 saturated carbocycles. The van der Waals surface area contributed by atoms with Crippen molar-refractivity contribution in [2.75, 3.05) is 17.7 Å². The van der Waals surface area contributed by atoms with E-state index < -0.39 is 5.76 Å². The number of hydrogen-bond donors (Lipinski definition) is 2. The van der Waals surface area contributed by atoms with Gasteiger partial charge in [0.15, 0.2) is 0 Å². The smallest absolute Gasteiger partial charge is 0.288 e. The van der Waals surface area contributed by atoms with Crippen molar-refractivity contribution in [1.82, 2.24) is 0 Å². The molecule has 0 atom stereocenters. The van der Waals surface area contributed by atoms with E-state index in [1.54, 1.807) is 42.5 Å². The van der Waals surface area contributed by atoms with Gasteiger partial charge in [-0.25, -0.2) is 0 Å². The van der Waals surface area contributed by atoms with E-state index in [0.717, 1.165) is 5.69 Å². The fourth-order valence-electron chi connectivity index (χ4n) is 1.82. The van der Waals surface area contributed by atoms with Crippen molar-refractivity contribution in [2.45, 2.75) is 17.6 Å². The van der Waals surface area contributed by atoms with Gasteiger partial charge >= 0.3 is 0 Å². The van der Waals surface area contributed by atoms with E-state index in [1.165, 1.54) is 0 Å².